The van der Waals surface area contributed by atoms with Gasteiger partial charge < -0.3 is 10.2 Å². The number of nitrogens with zero attached hydrogens (tertiary/aromatic N) is 2. The Morgan fingerprint density at radius 2 is 2.31 bits per heavy atom. The fourth-order valence-corrected chi connectivity index (χ4v) is 2.41. The quantitative estimate of drug-likeness (QED) is 0.804. The van der Waals surface area contributed by atoms with Gasteiger partial charge in [-0.1, -0.05) is 24.6 Å². The lowest BCUT2D eigenvalue weighted by Crippen LogP contribution is -2.43. The molecule has 16 heavy (non-hydrogen) atoms. The van der Waals surface area contributed by atoms with Gasteiger partial charge in [0.2, 0.25) is 0 Å². The average Bonchev–Trinajstić information content (AvgIpc) is 2.22. The van der Waals surface area contributed by atoms with E-state index in [-0.39, 0.29) is 0 Å². The standard InChI is InChI=1S/C12H18ClN3/c1-9-8-16(2)7-6-10(9)14-12-5-3-4-11(13)15-12/h3-5,9-10H,6-8H2,1-2H3,(H,14,15). The SMILES string of the molecule is CC1CN(C)CCC1Nc1cccc(Cl)n1. The molecular formula is C12H18ClN3. The van der Waals surface area contributed by atoms with Crippen molar-refractivity contribution in [2.75, 3.05) is 25.5 Å². The lowest BCUT2D eigenvalue weighted by Gasteiger charge is -2.35. The largest absolute Gasteiger partial charge is 0.367 e. The summed E-state index contributed by atoms with van der Waals surface area (Å²) in [5, 5.41) is 4.02. The lowest BCUT2D eigenvalue weighted by molar-refractivity contribution is 0.206. The number of halogens is 1. The normalized spacial score (nSPS) is 26.7. The monoisotopic (exact) mass is 239 g/mol. The van der Waals surface area contributed by atoms with Crippen molar-refractivity contribution in [2.24, 2.45) is 5.92 Å². The zero-order valence-corrected chi connectivity index (χ0v) is 10.5. The number of rotatable bonds is 2. The van der Waals surface area contributed by atoms with E-state index in [0.29, 0.717) is 17.1 Å². The van der Waals surface area contributed by atoms with Gasteiger partial charge >= 0.3 is 0 Å². The molecule has 2 unspecified atom stereocenters. The summed E-state index contributed by atoms with van der Waals surface area (Å²) in [5.74, 6) is 1.52. The smallest absolute Gasteiger partial charge is 0.131 e. The Labute approximate surface area is 102 Å². The van der Waals surface area contributed by atoms with Gasteiger partial charge in [-0.15, -0.1) is 0 Å². The summed E-state index contributed by atoms with van der Waals surface area (Å²) >= 11 is 5.86. The zero-order valence-electron chi connectivity index (χ0n) is 9.78. The van der Waals surface area contributed by atoms with Crippen molar-refractivity contribution in [3.63, 3.8) is 0 Å². The number of nitrogens with one attached hydrogen (secondary N) is 1. The first-order valence-corrected chi connectivity index (χ1v) is 6.10. The second-order valence-electron chi connectivity index (χ2n) is 4.62. The predicted octanol–water partition coefficient (Wildman–Crippen LogP) is 2.49. The molecule has 88 valence electrons. The van der Waals surface area contributed by atoms with Crippen molar-refractivity contribution < 1.29 is 0 Å². The van der Waals surface area contributed by atoms with Gasteiger partial charge in [0.1, 0.15) is 11.0 Å². The van der Waals surface area contributed by atoms with Crippen molar-refractivity contribution >= 4 is 17.4 Å². The van der Waals surface area contributed by atoms with Gasteiger partial charge in [0.25, 0.3) is 0 Å². The van der Waals surface area contributed by atoms with Crippen LogP contribution in [-0.4, -0.2) is 36.1 Å². The van der Waals surface area contributed by atoms with E-state index < -0.39 is 0 Å². The minimum absolute atomic E-state index is 0.502. The van der Waals surface area contributed by atoms with Gasteiger partial charge in [0.15, 0.2) is 0 Å². The van der Waals surface area contributed by atoms with E-state index in [1.807, 2.05) is 12.1 Å². The third kappa shape index (κ3) is 2.86. The predicted molar refractivity (Wildman–Crippen MR) is 67.9 cm³/mol. The Bertz CT molecular complexity index is 356. The maximum Gasteiger partial charge on any atom is 0.131 e. The summed E-state index contributed by atoms with van der Waals surface area (Å²) < 4.78 is 0. The van der Waals surface area contributed by atoms with E-state index in [2.05, 4.69) is 29.2 Å². The number of pyridine rings is 1. The molecule has 1 aromatic heterocycles. The summed E-state index contributed by atoms with van der Waals surface area (Å²) in [6.07, 6.45) is 1.16. The van der Waals surface area contributed by atoms with Crippen LogP contribution in [-0.2, 0) is 0 Å². The average molecular weight is 240 g/mol. The molecule has 3 nitrogen and oxygen atoms in total. The van der Waals surface area contributed by atoms with Crippen LogP contribution in [0.25, 0.3) is 0 Å². The van der Waals surface area contributed by atoms with Crippen LogP contribution in [0.4, 0.5) is 5.82 Å². The Kier molecular flexibility index (Phi) is 3.66. The van der Waals surface area contributed by atoms with Gasteiger partial charge in [0.05, 0.1) is 0 Å². The number of aromatic nitrogens is 1. The van der Waals surface area contributed by atoms with Crippen LogP contribution in [0.5, 0.6) is 0 Å². The van der Waals surface area contributed by atoms with Crippen molar-refractivity contribution in [3.8, 4) is 0 Å². The highest BCUT2D eigenvalue weighted by atomic mass is 35.5. The molecule has 1 saturated heterocycles. The molecule has 1 aromatic rings. The summed E-state index contributed by atoms with van der Waals surface area (Å²) in [6, 6.07) is 6.20. The molecule has 4 heteroatoms. The topological polar surface area (TPSA) is 28.2 Å². The van der Waals surface area contributed by atoms with Crippen LogP contribution >= 0.6 is 11.6 Å². The minimum Gasteiger partial charge on any atom is -0.367 e. The molecule has 1 N–H and O–H groups in total. The number of likely N-dealkylation sites (tertiary alicyclic amines) is 1. The molecule has 0 aliphatic carbocycles. The van der Waals surface area contributed by atoms with Crippen molar-refractivity contribution in [1.82, 2.24) is 9.88 Å². The second kappa shape index (κ2) is 5.02. The Hall–Kier alpha value is -0.800. The molecule has 0 bridgehead atoms. The summed E-state index contributed by atoms with van der Waals surface area (Å²) in [7, 11) is 2.17. The van der Waals surface area contributed by atoms with Gasteiger partial charge in [-0.2, -0.15) is 0 Å². The molecule has 1 aliphatic heterocycles. The van der Waals surface area contributed by atoms with Crippen LogP contribution < -0.4 is 5.32 Å². The molecule has 2 atom stereocenters. The highest BCUT2D eigenvalue weighted by Crippen LogP contribution is 2.20. The first-order valence-electron chi connectivity index (χ1n) is 5.73. The van der Waals surface area contributed by atoms with Crippen molar-refractivity contribution in [1.29, 1.82) is 0 Å². The van der Waals surface area contributed by atoms with E-state index in [9.17, 15) is 0 Å². The molecule has 0 spiro atoms. The van der Waals surface area contributed by atoms with Crippen LogP contribution in [0.15, 0.2) is 18.2 Å². The van der Waals surface area contributed by atoms with E-state index in [1.54, 1.807) is 6.07 Å². The molecule has 0 aromatic carbocycles. The Balaban J connectivity index is 1.99. The molecule has 1 fully saturated rings. The fraction of sp³-hybridized carbons (Fsp3) is 0.583. The summed E-state index contributed by atoms with van der Waals surface area (Å²) in [6.45, 7) is 4.55. The van der Waals surface area contributed by atoms with Crippen LogP contribution in [0, 0.1) is 5.92 Å². The highest BCUT2D eigenvalue weighted by Gasteiger charge is 2.24. The Morgan fingerprint density at radius 1 is 1.50 bits per heavy atom. The van der Waals surface area contributed by atoms with Crippen LogP contribution in [0.1, 0.15) is 13.3 Å². The zero-order chi connectivity index (χ0) is 11.5. The Morgan fingerprint density at radius 3 is 3.00 bits per heavy atom. The molecular weight excluding hydrogens is 222 g/mol. The van der Waals surface area contributed by atoms with E-state index in [1.165, 1.54) is 0 Å². The van der Waals surface area contributed by atoms with Crippen molar-refractivity contribution in [3.05, 3.63) is 23.4 Å². The first kappa shape index (κ1) is 11.7. The third-order valence-corrected chi connectivity index (χ3v) is 3.37. The summed E-state index contributed by atoms with van der Waals surface area (Å²) in [4.78, 5) is 6.63. The van der Waals surface area contributed by atoms with Crippen molar-refractivity contribution in [2.45, 2.75) is 19.4 Å². The number of anilines is 1. The third-order valence-electron chi connectivity index (χ3n) is 3.16. The number of hydrogen-bond acceptors (Lipinski definition) is 3. The molecule has 0 saturated carbocycles. The van der Waals surface area contributed by atoms with E-state index in [0.717, 1.165) is 25.3 Å². The molecule has 0 amide bonds. The maximum atomic E-state index is 5.86. The number of piperidine rings is 1. The number of hydrogen-bond donors (Lipinski definition) is 1. The second-order valence-corrected chi connectivity index (χ2v) is 5.01. The molecule has 1 aliphatic rings. The molecule has 2 rings (SSSR count). The van der Waals surface area contributed by atoms with Gasteiger partial charge in [-0.05, 0) is 38.1 Å². The van der Waals surface area contributed by atoms with E-state index in [4.69, 9.17) is 11.6 Å². The summed E-state index contributed by atoms with van der Waals surface area (Å²) in [5.41, 5.74) is 0. The fourth-order valence-electron chi connectivity index (χ4n) is 2.25. The molecule has 0 radical (unpaired) electrons. The minimum atomic E-state index is 0.502. The van der Waals surface area contributed by atoms with Gasteiger partial charge in [0, 0.05) is 12.6 Å². The van der Waals surface area contributed by atoms with Gasteiger partial charge in [-0.25, -0.2) is 4.98 Å². The van der Waals surface area contributed by atoms with E-state index >= 15 is 0 Å². The van der Waals surface area contributed by atoms with Crippen LogP contribution in [0.2, 0.25) is 5.15 Å². The first-order chi connectivity index (χ1) is 7.65. The van der Waals surface area contributed by atoms with Crippen LogP contribution in [0.3, 0.4) is 0 Å². The molecule has 2 heterocycles. The highest BCUT2D eigenvalue weighted by molar-refractivity contribution is 6.29. The van der Waals surface area contributed by atoms with Gasteiger partial charge in [-0.3, -0.25) is 0 Å². The maximum absolute atomic E-state index is 5.86. The lowest BCUT2D eigenvalue weighted by atomic mass is 9.94.